The van der Waals surface area contributed by atoms with Crippen molar-refractivity contribution in [2.24, 2.45) is 10.7 Å². The van der Waals surface area contributed by atoms with Gasteiger partial charge in [-0.15, -0.1) is 0 Å². The summed E-state index contributed by atoms with van der Waals surface area (Å²) in [6.45, 7) is 8.22. The minimum absolute atomic E-state index is 0.146. The number of pyridine rings is 1. The number of benzene rings is 1. The molecule has 1 amide bonds. The second-order valence-corrected chi connectivity index (χ2v) is 5.97. The lowest BCUT2D eigenvalue weighted by atomic mass is 9.87. The van der Waals surface area contributed by atoms with E-state index in [2.05, 4.69) is 42.9 Å². The molecule has 2 N–H and O–H groups in total. The Morgan fingerprint density at radius 3 is 2.60 bits per heavy atom. The molecule has 0 aliphatic carbocycles. The van der Waals surface area contributed by atoms with Gasteiger partial charge >= 0.3 is 0 Å². The summed E-state index contributed by atoms with van der Waals surface area (Å²) in [5.74, 6) is -0.673. The maximum absolute atomic E-state index is 11.6. The van der Waals surface area contributed by atoms with Crippen molar-refractivity contribution in [1.82, 2.24) is 4.98 Å². The lowest BCUT2D eigenvalue weighted by Crippen LogP contribution is -2.16. The van der Waals surface area contributed by atoms with Gasteiger partial charge in [0.1, 0.15) is 5.69 Å². The molecular formula is C21H25N3O. The zero-order valence-corrected chi connectivity index (χ0v) is 15.3. The monoisotopic (exact) mass is 335 g/mol. The van der Waals surface area contributed by atoms with Crippen molar-refractivity contribution in [3.8, 4) is 0 Å². The molecular weight excluding hydrogens is 310 g/mol. The first-order chi connectivity index (χ1) is 12.0. The quantitative estimate of drug-likeness (QED) is 0.799. The van der Waals surface area contributed by atoms with E-state index in [0.717, 1.165) is 23.4 Å². The minimum Gasteiger partial charge on any atom is -0.364 e. The van der Waals surface area contributed by atoms with Crippen LogP contribution in [0, 0.1) is 13.8 Å². The molecule has 1 aromatic heterocycles. The Morgan fingerprint density at radius 2 is 1.96 bits per heavy atom. The standard InChI is InChI=1S/C21H25N3O/c1-5-13-23-17(6-2)20(16-10-7-9-14(3)15(16)4)18-11-8-12-19(24-18)21(22)25/h6-13,20H,5H2,1-4H3,(H2,22,25)/b17-6-,23-13?. The molecule has 1 aromatic carbocycles. The summed E-state index contributed by atoms with van der Waals surface area (Å²) in [5.41, 5.74) is 10.9. The van der Waals surface area contributed by atoms with E-state index < -0.39 is 5.91 Å². The van der Waals surface area contributed by atoms with Gasteiger partial charge in [0.2, 0.25) is 0 Å². The summed E-state index contributed by atoms with van der Waals surface area (Å²) in [5, 5.41) is 0. The number of nitrogens with zero attached hydrogens (tertiary/aromatic N) is 2. The smallest absolute Gasteiger partial charge is 0.267 e. The largest absolute Gasteiger partial charge is 0.364 e. The van der Waals surface area contributed by atoms with Crippen molar-refractivity contribution in [1.29, 1.82) is 0 Å². The van der Waals surface area contributed by atoms with Crippen LogP contribution in [0.4, 0.5) is 0 Å². The number of carbonyl (C=O) groups is 1. The maximum atomic E-state index is 11.6. The van der Waals surface area contributed by atoms with Gasteiger partial charge in [0.05, 0.1) is 11.6 Å². The SMILES string of the molecule is C/C=C(\N=CCC)C(c1cccc(C(N)=O)n1)c1cccc(C)c1C. The van der Waals surface area contributed by atoms with Crippen molar-refractivity contribution in [2.75, 3.05) is 0 Å². The number of primary amides is 1. The molecule has 0 aliphatic rings. The summed E-state index contributed by atoms with van der Waals surface area (Å²) < 4.78 is 0. The zero-order valence-electron chi connectivity index (χ0n) is 15.3. The number of nitrogens with two attached hydrogens (primary N) is 1. The molecule has 1 atom stereocenters. The van der Waals surface area contributed by atoms with Crippen LogP contribution in [0.2, 0.25) is 0 Å². The first-order valence-electron chi connectivity index (χ1n) is 8.51. The van der Waals surface area contributed by atoms with Gasteiger partial charge in [-0.3, -0.25) is 9.79 Å². The molecule has 0 fully saturated rings. The fourth-order valence-electron chi connectivity index (χ4n) is 2.82. The third kappa shape index (κ3) is 4.21. The van der Waals surface area contributed by atoms with E-state index >= 15 is 0 Å². The molecule has 0 aliphatic heterocycles. The maximum Gasteiger partial charge on any atom is 0.267 e. The van der Waals surface area contributed by atoms with Gasteiger partial charge in [-0.05, 0) is 56.0 Å². The van der Waals surface area contributed by atoms with Gasteiger partial charge in [-0.2, -0.15) is 0 Å². The van der Waals surface area contributed by atoms with Crippen LogP contribution >= 0.6 is 0 Å². The number of rotatable bonds is 6. The molecule has 0 saturated carbocycles. The third-order valence-electron chi connectivity index (χ3n) is 4.29. The second-order valence-electron chi connectivity index (χ2n) is 5.97. The average molecular weight is 335 g/mol. The summed E-state index contributed by atoms with van der Waals surface area (Å²) >= 11 is 0. The summed E-state index contributed by atoms with van der Waals surface area (Å²) in [7, 11) is 0. The van der Waals surface area contributed by atoms with E-state index in [-0.39, 0.29) is 11.6 Å². The number of aryl methyl sites for hydroxylation is 1. The number of aromatic nitrogens is 1. The van der Waals surface area contributed by atoms with Crippen LogP contribution in [-0.4, -0.2) is 17.1 Å². The van der Waals surface area contributed by atoms with Crippen molar-refractivity contribution in [3.63, 3.8) is 0 Å². The van der Waals surface area contributed by atoms with E-state index in [0.29, 0.717) is 0 Å². The molecule has 0 bridgehead atoms. The van der Waals surface area contributed by atoms with Crippen LogP contribution in [-0.2, 0) is 0 Å². The summed E-state index contributed by atoms with van der Waals surface area (Å²) in [6, 6.07) is 11.6. The third-order valence-corrected chi connectivity index (χ3v) is 4.29. The summed E-state index contributed by atoms with van der Waals surface area (Å²) in [6.07, 6.45) is 4.74. The molecule has 130 valence electrons. The number of hydrogen-bond donors (Lipinski definition) is 1. The van der Waals surface area contributed by atoms with Gasteiger partial charge in [-0.1, -0.05) is 37.3 Å². The van der Waals surface area contributed by atoms with E-state index in [9.17, 15) is 4.79 Å². The van der Waals surface area contributed by atoms with E-state index in [1.807, 2.05) is 37.4 Å². The Balaban J connectivity index is 2.68. The predicted octanol–water partition coefficient (Wildman–Crippen LogP) is 4.31. The lowest BCUT2D eigenvalue weighted by molar-refractivity contribution is 0.0995. The van der Waals surface area contributed by atoms with Crippen molar-refractivity contribution in [2.45, 2.75) is 40.0 Å². The van der Waals surface area contributed by atoms with Crippen LogP contribution in [0.25, 0.3) is 0 Å². The first-order valence-corrected chi connectivity index (χ1v) is 8.51. The molecule has 0 saturated heterocycles. The van der Waals surface area contributed by atoms with E-state index in [1.54, 1.807) is 6.07 Å². The minimum atomic E-state index is -0.527. The van der Waals surface area contributed by atoms with Gasteiger partial charge in [0.25, 0.3) is 5.91 Å². The van der Waals surface area contributed by atoms with Crippen molar-refractivity contribution in [3.05, 3.63) is 76.2 Å². The number of hydrogen-bond acceptors (Lipinski definition) is 3. The van der Waals surface area contributed by atoms with E-state index in [1.165, 1.54) is 11.1 Å². The molecule has 2 rings (SSSR count). The molecule has 4 heteroatoms. The van der Waals surface area contributed by atoms with Gasteiger partial charge < -0.3 is 5.73 Å². The topological polar surface area (TPSA) is 68.3 Å². The Kier molecular flexibility index (Phi) is 6.23. The highest BCUT2D eigenvalue weighted by molar-refractivity contribution is 5.90. The van der Waals surface area contributed by atoms with Crippen LogP contribution in [0.15, 0.2) is 53.2 Å². The Hall–Kier alpha value is -2.75. The predicted molar refractivity (Wildman–Crippen MR) is 103 cm³/mol. The van der Waals surface area contributed by atoms with Crippen molar-refractivity contribution < 1.29 is 4.79 Å². The fraction of sp³-hybridized carbons (Fsp3) is 0.286. The molecule has 0 radical (unpaired) electrons. The summed E-state index contributed by atoms with van der Waals surface area (Å²) in [4.78, 5) is 20.7. The normalized spacial score (nSPS) is 13.2. The number of amides is 1. The molecule has 1 unspecified atom stereocenters. The van der Waals surface area contributed by atoms with Gasteiger partial charge in [0.15, 0.2) is 0 Å². The van der Waals surface area contributed by atoms with Gasteiger partial charge in [-0.25, -0.2) is 4.98 Å². The Bertz CT molecular complexity index is 822. The van der Waals surface area contributed by atoms with Crippen molar-refractivity contribution >= 4 is 12.1 Å². The zero-order chi connectivity index (χ0) is 18.4. The van der Waals surface area contributed by atoms with Crippen LogP contribution in [0.3, 0.4) is 0 Å². The fourth-order valence-corrected chi connectivity index (χ4v) is 2.82. The first kappa shape index (κ1) is 18.6. The average Bonchev–Trinajstić information content (AvgIpc) is 2.61. The molecule has 2 aromatic rings. The highest BCUT2D eigenvalue weighted by Crippen LogP contribution is 2.34. The number of allylic oxidation sites excluding steroid dienone is 2. The Morgan fingerprint density at radius 1 is 1.24 bits per heavy atom. The van der Waals surface area contributed by atoms with E-state index in [4.69, 9.17) is 5.73 Å². The van der Waals surface area contributed by atoms with Gasteiger partial charge in [0, 0.05) is 11.9 Å². The number of aliphatic imine (C=N–C) groups is 1. The molecule has 0 spiro atoms. The number of carbonyl (C=O) groups excluding carboxylic acids is 1. The molecule has 25 heavy (non-hydrogen) atoms. The van der Waals surface area contributed by atoms with Crippen LogP contribution in [0.1, 0.15) is 59.1 Å². The molecule has 1 heterocycles. The highest BCUT2D eigenvalue weighted by atomic mass is 16.1. The van der Waals surface area contributed by atoms with Crippen LogP contribution < -0.4 is 5.73 Å². The second kappa shape index (κ2) is 8.38. The van der Waals surface area contributed by atoms with Crippen LogP contribution in [0.5, 0.6) is 0 Å². The highest BCUT2D eigenvalue weighted by Gasteiger charge is 2.23. The lowest BCUT2D eigenvalue weighted by Gasteiger charge is -2.21. The Labute approximate surface area is 149 Å². The molecule has 4 nitrogen and oxygen atoms in total.